The molecule has 0 aliphatic carbocycles. The molecular formula is C8H16O4. The Labute approximate surface area is 72.1 Å². The molecule has 4 heteroatoms. The number of aliphatic hydroxyl groups excluding tert-OH is 2. The molecular weight excluding hydrogens is 160 g/mol. The Morgan fingerprint density at radius 2 is 2.08 bits per heavy atom. The van der Waals surface area contributed by atoms with Crippen molar-refractivity contribution in [3.8, 4) is 0 Å². The highest BCUT2D eigenvalue weighted by molar-refractivity contribution is 4.76. The van der Waals surface area contributed by atoms with Crippen LogP contribution >= 0.6 is 0 Å². The molecule has 4 nitrogen and oxygen atoms in total. The molecule has 0 aromatic heterocycles. The summed E-state index contributed by atoms with van der Waals surface area (Å²) in [4.78, 5) is 0. The van der Waals surface area contributed by atoms with Gasteiger partial charge in [-0.1, -0.05) is 0 Å². The van der Waals surface area contributed by atoms with E-state index in [4.69, 9.17) is 14.6 Å². The van der Waals surface area contributed by atoms with Crippen LogP contribution in [-0.4, -0.2) is 41.9 Å². The van der Waals surface area contributed by atoms with Crippen LogP contribution in [0.15, 0.2) is 0 Å². The summed E-state index contributed by atoms with van der Waals surface area (Å²) in [5, 5.41) is 18.5. The molecule has 0 saturated carbocycles. The normalized spacial score (nSPS) is 39.5. The van der Waals surface area contributed by atoms with E-state index < -0.39 is 12.4 Å². The highest BCUT2D eigenvalue weighted by atomic mass is 16.6. The van der Waals surface area contributed by atoms with Gasteiger partial charge < -0.3 is 19.7 Å². The Kier molecular flexibility index (Phi) is 3.46. The predicted octanol–water partition coefficient (Wildman–Crippen LogP) is -0.120. The Morgan fingerprint density at radius 1 is 1.42 bits per heavy atom. The van der Waals surface area contributed by atoms with Crippen molar-refractivity contribution in [2.24, 2.45) is 0 Å². The van der Waals surface area contributed by atoms with Crippen LogP contribution < -0.4 is 0 Å². The van der Waals surface area contributed by atoms with Gasteiger partial charge in [-0.25, -0.2) is 0 Å². The van der Waals surface area contributed by atoms with Crippen molar-refractivity contribution in [1.82, 2.24) is 0 Å². The summed E-state index contributed by atoms with van der Waals surface area (Å²) in [5.74, 6) is 0. The number of ether oxygens (including phenoxy) is 2. The van der Waals surface area contributed by atoms with Gasteiger partial charge in [0.1, 0.15) is 0 Å². The van der Waals surface area contributed by atoms with Crippen molar-refractivity contribution >= 4 is 0 Å². The average Bonchev–Trinajstić information content (AvgIpc) is 2.01. The summed E-state index contributed by atoms with van der Waals surface area (Å²) in [6.07, 6.45) is -0.782. The first kappa shape index (κ1) is 9.92. The number of rotatable bonds is 2. The second-order valence-corrected chi connectivity index (χ2v) is 3.20. The van der Waals surface area contributed by atoms with Gasteiger partial charge in [0.05, 0.1) is 18.3 Å². The lowest BCUT2D eigenvalue weighted by molar-refractivity contribution is -0.213. The third kappa shape index (κ3) is 2.42. The molecule has 1 aliphatic rings. The topological polar surface area (TPSA) is 58.9 Å². The lowest BCUT2D eigenvalue weighted by Gasteiger charge is -2.33. The van der Waals surface area contributed by atoms with E-state index in [1.54, 1.807) is 7.11 Å². The minimum absolute atomic E-state index is 0.0883. The number of aliphatic hydroxyl groups is 2. The van der Waals surface area contributed by atoms with Gasteiger partial charge in [-0.05, 0) is 6.92 Å². The van der Waals surface area contributed by atoms with Crippen LogP contribution in [0, 0.1) is 0 Å². The van der Waals surface area contributed by atoms with Gasteiger partial charge >= 0.3 is 0 Å². The quantitative estimate of drug-likeness (QED) is 0.616. The molecule has 0 aromatic rings. The van der Waals surface area contributed by atoms with Crippen molar-refractivity contribution in [3.63, 3.8) is 0 Å². The van der Waals surface area contributed by atoms with Crippen LogP contribution in [0.25, 0.3) is 0 Å². The second kappa shape index (κ2) is 4.18. The maximum absolute atomic E-state index is 9.30. The number of hydrogen-bond acceptors (Lipinski definition) is 4. The summed E-state index contributed by atoms with van der Waals surface area (Å²) in [5.41, 5.74) is 0. The number of methoxy groups -OCH3 is 1. The minimum Gasteiger partial charge on any atom is -0.393 e. The fourth-order valence-corrected chi connectivity index (χ4v) is 1.36. The third-order valence-corrected chi connectivity index (χ3v) is 2.21. The van der Waals surface area contributed by atoms with Crippen LogP contribution in [-0.2, 0) is 9.47 Å². The first-order valence-electron chi connectivity index (χ1n) is 4.18. The highest BCUT2D eigenvalue weighted by Gasteiger charge is 2.30. The lowest BCUT2D eigenvalue weighted by atomic mass is 10.0. The standard InChI is InChI=1S/C8H16O4/c1-5(11-2)7-3-6(9)4-8(10)12-7/h5-10H,3-4H2,1-2H3/t5?,6-,7+,8?/m1/s1. The first-order valence-corrected chi connectivity index (χ1v) is 4.18. The largest absolute Gasteiger partial charge is 0.393 e. The van der Waals surface area contributed by atoms with Crippen LogP contribution in [0.1, 0.15) is 19.8 Å². The molecule has 0 bridgehead atoms. The monoisotopic (exact) mass is 176 g/mol. The maximum Gasteiger partial charge on any atom is 0.157 e. The second-order valence-electron chi connectivity index (χ2n) is 3.20. The van der Waals surface area contributed by atoms with Gasteiger partial charge in [-0.2, -0.15) is 0 Å². The molecule has 1 rings (SSSR count). The molecule has 1 fully saturated rings. The van der Waals surface area contributed by atoms with Gasteiger partial charge in [0, 0.05) is 20.0 Å². The third-order valence-electron chi connectivity index (χ3n) is 2.21. The summed E-state index contributed by atoms with van der Waals surface area (Å²) in [6.45, 7) is 1.86. The van der Waals surface area contributed by atoms with Crippen molar-refractivity contribution < 1.29 is 19.7 Å². The molecule has 0 spiro atoms. The molecule has 72 valence electrons. The molecule has 0 aromatic carbocycles. The fourth-order valence-electron chi connectivity index (χ4n) is 1.36. The van der Waals surface area contributed by atoms with E-state index in [0.29, 0.717) is 12.8 Å². The van der Waals surface area contributed by atoms with Gasteiger partial charge in [-0.15, -0.1) is 0 Å². The van der Waals surface area contributed by atoms with Gasteiger partial charge in [0.25, 0.3) is 0 Å². The summed E-state index contributed by atoms with van der Waals surface area (Å²) in [7, 11) is 1.58. The molecule has 4 atom stereocenters. The van der Waals surface area contributed by atoms with Crippen molar-refractivity contribution in [1.29, 1.82) is 0 Å². The van der Waals surface area contributed by atoms with Crippen LogP contribution in [0.2, 0.25) is 0 Å². The first-order chi connectivity index (χ1) is 5.63. The zero-order valence-electron chi connectivity index (χ0n) is 7.43. The molecule has 2 N–H and O–H groups in total. The molecule has 1 saturated heterocycles. The zero-order valence-corrected chi connectivity index (χ0v) is 7.43. The number of hydrogen-bond donors (Lipinski definition) is 2. The summed E-state index contributed by atoms with van der Waals surface area (Å²) in [6, 6.07) is 0. The van der Waals surface area contributed by atoms with E-state index in [2.05, 4.69) is 0 Å². The molecule has 0 radical (unpaired) electrons. The SMILES string of the molecule is COC(C)[C@@H]1C[C@@H](O)CC(O)O1. The van der Waals surface area contributed by atoms with E-state index in [1.165, 1.54) is 0 Å². The maximum atomic E-state index is 9.30. The van der Waals surface area contributed by atoms with E-state index in [1.807, 2.05) is 6.92 Å². The highest BCUT2D eigenvalue weighted by Crippen LogP contribution is 2.21. The molecule has 0 amide bonds. The van der Waals surface area contributed by atoms with E-state index in [9.17, 15) is 5.11 Å². The Morgan fingerprint density at radius 3 is 2.58 bits per heavy atom. The molecule has 12 heavy (non-hydrogen) atoms. The Hall–Kier alpha value is -0.160. The fraction of sp³-hybridized carbons (Fsp3) is 1.00. The summed E-state index contributed by atoms with van der Waals surface area (Å²) >= 11 is 0. The smallest absolute Gasteiger partial charge is 0.157 e. The van der Waals surface area contributed by atoms with Crippen molar-refractivity contribution in [3.05, 3.63) is 0 Å². The molecule has 2 unspecified atom stereocenters. The van der Waals surface area contributed by atoms with E-state index >= 15 is 0 Å². The minimum atomic E-state index is -0.851. The van der Waals surface area contributed by atoms with Crippen molar-refractivity contribution in [2.45, 2.75) is 44.4 Å². The van der Waals surface area contributed by atoms with E-state index in [0.717, 1.165) is 0 Å². The molecule has 1 heterocycles. The zero-order chi connectivity index (χ0) is 9.14. The van der Waals surface area contributed by atoms with Crippen LogP contribution in [0.4, 0.5) is 0 Å². The molecule has 1 aliphatic heterocycles. The average molecular weight is 176 g/mol. The van der Waals surface area contributed by atoms with Crippen LogP contribution in [0.5, 0.6) is 0 Å². The van der Waals surface area contributed by atoms with Crippen molar-refractivity contribution in [2.75, 3.05) is 7.11 Å². The Bertz CT molecular complexity index is 129. The summed E-state index contributed by atoms with van der Waals surface area (Å²) < 4.78 is 10.2. The van der Waals surface area contributed by atoms with E-state index in [-0.39, 0.29) is 12.2 Å². The van der Waals surface area contributed by atoms with Gasteiger partial charge in [0.2, 0.25) is 0 Å². The van der Waals surface area contributed by atoms with Gasteiger partial charge in [0.15, 0.2) is 6.29 Å². The van der Waals surface area contributed by atoms with Crippen LogP contribution in [0.3, 0.4) is 0 Å². The van der Waals surface area contributed by atoms with Gasteiger partial charge in [-0.3, -0.25) is 0 Å². The lowest BCUT2D eigenvalue weighted by Crippen LogP contribution is -2.41. The Balaban J connectivity index is 2.43. The predicted molar refractivity (Wildman–Crippen MR) is 42.6 cm³/mol.